The quantitative estimate of drug-likeness (QED) is 0.284. The number of rotatable bonds is 6. The van der Waals surface area contributed by atoms with Crippen molar-refractivity contribution in [3.05, 3.63) is 74.7 Å². The van der Waals surface area contributed by atoms with E-state index in [0.29, 0.717) is 14.8 Å². The van der Waals surface area contributed by atoms with Crippen molar-refractivity contribution in [3.8, 4) is 0 Å². The number of non-ortho nitro benzene ring substituents is 1. The molecule has 0 bridgehead atoms. The Kier molecular flexibility index (Phi) is 6.03. The molecule has 138 valence electrons. The van der Waals surface area contributed by atoms with Crippen LogP contribution in [0, 0.1) is 10.1 Å². The Balaban J connectivity index is 1.82. The Bertz CT molecular complexity index is 923. The van der Waals surface area contributed by atoms with Gasteiger partial charge in [0.25, 0.3) is 11.6 Å². The minimum absolute atomic E-state index is 0.0121. The van der Waals surface area contributed by atoms with Gasteiger partial charge >= 0.3 is 0 Å². The Hall–Kier alpha value is -2.51. The second-order valence-electron chi connectivity index (χ2n) is 6.14. The molecule has 1 aliphatic heterocycles. The van der Waals surface area contributed by atoms with Gasteiger partial charge in [0.2, 0.25) is 0 Å². The monoisotopic (exact) mass is 398 g/mol. The molecule has 0 radical (unpaired) electrons. The van der Waals surface area contributed by atoms with Gasteiger partial charge < -0.3 is 0 Å². The molecule has 27 heavy (non-hydrogen) atoms. The first kappa shape index (κ1) is 19.3. The lowest BCUT2D eigenvalue weighted by Crippen LogP contribution is -2.27. The van der Waals surface area contributed by atoms with Crippen molar-refractivity contribution in [3.63, 3.8) is 0 Å². The van der Waals surface area contributed by atoms with Gasteiger partial charge in [0.1, 0.15) is 0 Å². The number of thioether (sulfide) groups is 1. The number of hydrogen-bond donors (Lipinski definition) is 0. The predicted molar refractivity (Wildman–Crippen MR) is 114 cm³/mol. The van der Waals surface area contributed by atoms with E-state index < -0.39 is 4.92 Å². The molecule has 2 aromatic carbocycles. The number of thiocarbonyl (C=S) groups is 1. The van der Waals surface area contributed by atoms with Crippen LogP contribution in [0.3, 0.4) is 0 Å². The van der Waals surface area contributed by atoms with Gasteiger partial charge in [-0.05, 0) is 42.2 Å². The van der Waals surface area contributed by atoms with Gasteiger partial charge in [-0.25, -0.2) is 0 Å². The number of hydrogen-bond acceptors (Lipinski definition) is 5. The zero-order valence-electron chi connectivity index (χ0n) is 14.8. The standard InChI is InChI=1S/C20H18N2O3S2/c1-2-3-5-14-8-10-16(11-9-14)21-19(23)18(27-20(21)26)13-15-6-4-7-17(12-15)22(24)25/h4,6-13H,2-3,5H2,1H3. The maximum atomic E-state index is 12.8. The SMILES string of the molecule is CCCCc1ccc(N2C(=O)C(=Cc3cccc([N+](=O)[O-])c3)SC2=S)cc1. The number of carbonyl (C=O) groups is 1. The summed E-state index contributed by atoms with van der Waals surface area (Å²) in [4.78, 5) is 25.2. The summed E-state index contributed by atoms with van der Waals surface area (Å²) >= 11 is 6.58. The molecule has 0 aliphatic carbocycles. The molecular weight excluding hydrogens is 380 g/mol. The van der Waals surface area contributed by atoms with E-state index in [0.717, 1.165) is 24.9 Å². The van der Waals surface area contributed by atoms with Crippen molar-refractivity contribution >= 4 is 51.7 Å². The highest BCUT2D eigenvalue weighted by molar-refractivity contribution is 8.27. The summed E-state index contributed by atoms with van der Waals surface area (Å²) in [6, 6.07) is 14.0. The number of aryl methyl sites for hydroxylation is 1. The molecule has 1 aliphatic rings. The summed E-state index contributed by atoms with van der Waals surface area (Å²) < 4.78 is 0.456. The highest BCUT2D eigenvalue weighted by atomic mass is 32.2. The average Bonchev–Trinajstić information content (AvgIpc) is 2.94. The summed E-state index contributed by atoms with van der Waals surface area (Å²) in [5.41, 5.74) is 2.56. The molecule has 0 atom stereocenters. The third kappa shape index (κ3) is 4.43. The van der Waals surface area contributed by atoms with E-state index in [2.05, 4.69) is 6.92 Å². The first-order chi connectivity index (χ1) is 13.0. The van der Waals surface area contributed by atoms with Crippen LogP contribution in [-0.2, 0) is 11.2 Å². The van der Waals surface area contributed by atoms with Crippen LogP contribution in [0.1, 0.15) is 30.9 Å². The minimum Gasteiger partial charge on any atom is -0.268 e. The molecule has 7 heteroatoms. The van der Waals surface area contributed by atoms with Crippen LogP contribution in [-0.4, -0.2) is 15.2 Å². The lowest BCUT2D eigenvalue weighted by molar-refractivity contribution is -0.384. The molecule has 0 unspecified atom stereocenters. The van der Waals surface area contributed by atoms with Crippen molar-refractivity contribution < 1.29 is 9.72 Å². The van der Waals surface area contributed by atoms with Crippen LogP contribution in [0.5, 0.6) is 0 Å². The molecule has 0 aromatic heterocycles. The molecule has 1 amide bonds. The van der Waals surface area contributed by atoms with E-state index in [1.807, 2.05) is 24.3 Å². The number of nitrogens with zero attached hydrogens (tertiary/aromatic N) is 2. The van der Waals surface area contributed by atoms with E-state index in [1.165, 1.54) is 34.4 Å². The van der Waals surface area contributed by atoms with Crippen molar-refractivity contribution in [2.24, 2.45) is 0 Å². The van der Waals surface area contributed by atoms with E-state index in [9.17, 15) is 14.9 Å². The first-order valence-electron chi connectivity index (χ1n) is 8.61. The summed E-state index contributed by atoms with van der Waals surface area (Å²) in [5.74, 6) is -0.210. The molecule has 0 spiro atoms. The summed E-state index contributed by atoms with van der Waals surface area (Å²) in [6.07, 6.45) is 4.93. The highest BCUT2D eigenvalue weighted by Crippen LogP contribution is 2.36. The van der Waals surface area contributed by atoms with Crippen molar-refractivity contribution in [2.45, 2.75) is 26.2 Å². The second kappa shape index (κ2) is 8.45. The lowest BCUT2D eigenvalue weighted by atomic mass is 10.1. The molecule has 0 N–H and O–H groups in total. The molecule has 1 fully saturated rings. The van der Waals surface area contributed by atoms with Crippen LogP contribution in [0.4, 0.5) is 11.4 Å². The van der Waals surface area contributed by atoms with Crippen molar-refractivity contribution in [1.29, 1.82) is 0 Å². The minimum atomic E-state index is -0.456. The van der Waals surface area contributed by atoms with E-state index in [1.54, 1.807) is 18.2 Å². The fraction of sp³-hybridized carbons (Fsp3) is 0.200. The number of benzene rings is 2. The molecule has 0 saturated carbocycles. The average molecular weight is 399 g/mol. The molecule has 3 rings (SSSR count). The molecule has 1 saturated heterocycles. The highest BCUT2D eigenvalue weighted by Gasteiger charge is 2.33. The second-order valence-corrected chi connectivity index (χ2v) is 7.81. The number of unbranched alkanes of at least 4 members (excludes halogenated alkanes) is 1. The Labute approximate surface area is 167 Å². The summed E-state index contributed by atoms with van der Waals surface area (Å²) in [7, 11) is 0. The van der Waals surface area contributed by atoms with Crippen molar-refractivity contribution in [2.75, 3.05) is 4.90 Å². The number of anilines is 1. The smallest absolute Gasteiger partial charge is 0.268 e. The zero-order valence-corrected chi connectivity index (χ0v) is 16.4. The van der Waals surface area contributed by atoms with Crippen LogP contribution in [0.15, 0.2) is 53.4 Å². The first-order valence-corrected chi connectivity index (χ1v) is 9.83. The fourth-order valence-electron chi connectivity index (χ4n) is 2.76. The Morgan fingerprint density at radius 1 is 1.22 bits per heavy atom. The Morgan fingerprint density at radius 2 is 1.96 bits per heavy atom. The van der Waals surface area contributed by atoms with E-state index >= 15 is 0 Å². The maximum absolute atomic E-state index is 12.8. The maximum Gasteiger partial charge on any atom is 0.270 e. The molecular formula is C20H18N2O3S2. The molecule has 2 aromatic rings. The third-order valence-electron chi connectivity index (χ3n) is 4.19. The van der Waals surface area contributed by atoms with Gasteiger partial charge in [0, 0.05) is 12.1 Å². The normalized spacial score (nSPS) is 15.6. The van der Waals surface area contributed by atoms with Gasteiger partial charge in [0.15, 0.2) is 4.32 Å². The van der Waals surface area contributed by atoms with Crippen LogP contribution in [0.25, 0.3) is 6.08 Å². The van der Waals surface area contributed by atoms with Gasteiger partial charge in [0.05, 0.1) is 15.5 Å². The lowest BCUT2D eigenvalue weighted by Gasteiger charge is -2.15. The number of nitro benzene ring substituents is 1. The molecule has 1 heterocycles. The third-order valence-corrected chi connectivity index (χ3v) is 5.49. The van der Waals surface area contributed by atoms with Gasteiger partial charge in [-0.15, -0.1) is 0 Å². The van der Waals surface area contributed by atoms with E-state index in [4.69, 9.17) is 12.2 Å². The Morgan fingerprint density at radius 3 is 2.63 bits per heavy atom. The topological polar surface area (TPSA) is 63.5 Å². The largest absolute Gasteiger partial charge is 0.270 e. The number of nitro groups is 1. The van der Waals surface area contributed by atoms with Gasteiger partial charge in [-0.3, -0.25) is 19.8 Å². The predicted octanol–water partition coefficient (Wildman–Crippen LogP) is 5.34. The zero-order chi connectivity index (χ0) is 19.4. The summed E-state index contributed by atoms with van der Waals surface area (Å²) in [6.45, 7) is 2.15. The van der Waals surface area contributed by atoms with Crippen molar-refractivity contribution in [1.82, 2.24) is 0 Å². The van der Waals surface area contributed by atoms with Crippen LogP contribution < -0.4 is 4.90 Å². The van der Waals surface area contributed by atoms with Gasteiger partial charge in [-0.2, -0.15) is 0 Å². The van der Waals surface area contributed by atoms with Gasteiger partial charge in [-0.1, -0.05) is 61.6 Å². The van der Waals surface area contributed by atoms with E-state index in [-0.39, 0.29) is 11.6 Å². The fourth-order valence-corrected chi connectivity index (χ4v) is 4.06. The molecule has 5 nitrogen and oxygen atoms in total. The van der Waals surface area contributed by atoms with Crippen LogP contribution >= 0.6 is 24.0 Å². The van der Waals surface area contributed by atoms with Crippen LogP contribution in [0.2, 0.25) is 0 Å². The number of carbonyl (C=O) groups excluding carboxylic acids is 1. The summed E-state index contributed by atoms with van der Waals surface area (Å²) in [5, 5.41) is 10.9. The number of amides is 1.